The Kier molecular flexibility index (Phi) is 7.27. The standard InChI is InChI=1S/C10H18N2O3/c1-12(2)7-5-3-4-6-9(13)11-8-10(14)15/h4,6H,3,5,7-8H2,1-2H3,(H,11,13)(H,14,15). The number of carbonyl (C=O) groups is 2. The molecular formula is C10H18N2O3. The topological polar surface area (TPSA) is 69.6 Å². The molecule has 0 aromatic carbocycles. The lowest BCUT2D eigenvalue weighted by atomic mass is 10.3. The van der Waals surface area contributed by atoms with Crippen molar-refractivity contribution in [3.63, 3.8) is 0 Å². The first-order valence-corrected chi connectivity index (χ1v) is 4.83. The number of unbranched alkanes of at least 4 members (excludes halogenated alkanes) is 1. The van der Waals surface area contributed by atoms with Gasteiger partial charge in [-0.05, 0) is 39.6 Å². The molecule has 5 nitrogen and oxygen atoms in total. The molecule has 0 aliphatic heterocycles. The highest BCUT2D eigenvalue weighted by molar-refractivity contribution is 5.89. The number of hydrogen-bond acceptors (Lipinski definition) is 3. The van der Waals surface area contributed by atoms with Gasteiger partial charge in [-0.3, -0.25) is 9.59 Å². The molecule has 86 valence electrons. The minimum atomic E-state index is -1.04. The largest absolute Gasteiger partial charge is 0.480 e. The summed E-state index contributed by atoms with van der Waals surface area (Å²) in [5, 5.41) is 10.5. The van der Waals surface area contributed by atoms with E-state index in [2.05, 4.69) is 10.2 Å². The van der Waals surface area contributed by atoms with Gasteiger partial charge in [0.2, 0.25) is 5.91 Å². The number of nitrogens with one attached hydrogen (secondary N) is 1. The highest BCUT2D eigenvalue weighted by atomic mass is 16.4. The normalized spacial score (nSPS) is 10.9. The summed E-state index contributed by atoms with van der Waals surface area (Å²) in [6, 6.07) is 0. The second-order valence-electron chi connectivity index (χ2n) is 3.46. The van der Waals surface area contributed by atoms with E-state index < -0.39 is 5.97 Å². The monoisotopic (exact) mass is 214 g/mol. The lowest BCUT2D eigenvalue weighted by Crippen LogP contribution is -2.27. The van der Waals surface area contributed by atoms with Crippen LogP contribution in [0.4, 0.5) is 0 Å². The van der Waals surface area contributed by atoms with Gasteiger partial charge in [0.1, 0.15) is 6.54 Å². The Morgan fingerprint density at radius 3 is 2.60 bits per heavy atom. The van der Waals surface area contributed by atoms with Crippen molar-refractivity contribution in [2.24, 2.45) is 0 Å². The molecule has 2 N–H and O–H groups in total. The third-order valence-corrected chi connectivity index (χ3v) is 1.66. The van der Waals surface area contributed by atoms with Gasteiger partial charge >= 0.3 is 5.97 Å². The number of allylic oxidation sites excluding steroid dienone is 1. The summed E-state index contributed by atoms with van der Waals surface area (Å²) >= 11 is 0. The molecule has 15 heavy (non-hydrogen) atoms. The molecule has 0 unspecified atom stereocenters. The van der Waals surface area contributed by atoms with E-state index in [1.54, 1.807) is 6.08 Å². The van der Waals surface area contributed by atoms with Crippen molar-refractivity contribution in [1.82, 2.24) is 10.2 Å². The molecular weight excluding hydrogens is 196 g/mol. The van der Waals surface area contributed by atoms with Crippen LogP contribution in [0.25, 0.3) is 0 Å². The zero-order chi connectivity index (χ0) is 11.7. The van der Waals surface area contributed by atoms with Crippen molar-refractivity contribution in [2.75, 3.05) is 27.2 Å². The predicted octanol–water partition coefficient (Wildman–Crippen LogP) is 0.0852. The first kappa shape index (κ1) is 13.6. The van der Waals surface area contributed by atoms with Crippen LogP contribution in [0.2, 0.25) is 0 Å². The maximum atomic E-state index is 11.0. The highest BCUT2D eigenvalue weighted by Gasteiger charge is 1.98. The first-order chi connectivity index (χ1) is 7.02. The Morgan fingerprint density at radius 1 is 1.40 bits per heavy atom. The van der Waals surface area contributed by atoms with Gasteiger partial charge in [-0.15, -0.1) is 0 Å². The summed E-state index contributed by atoms with van der Waals surface area (Å²) in [5.74, 6) is -1.40. The number of carbonyl (C=O) groups excluding carboxylic acids is 1. The molecule has 0 spiro atoms. The molecule has 0 heterocycles. The van der Waals surface area contributed by atoms with Crippen molar-refractivity contribution in [2.45, 2.75) is 12.8 Å². The molecule has 0 saturated heterocycles. The van der Waals surface area contributed by atoms with E-state index in [9.17, 15) is 9.59 Å². The number of carboxylic acid groups (broad SMARTS) is 1. The van der Waals surface area contributed by atoms with Gasteiger partial charge in [0.15, 0.2) is 0 Å². The van der Waals surface area contributed by atoms with E-state index in [-0.39, 0.29) is 12.5 Å². The van der Waals surface area contributed by atoms with Crippen molar-refractivity contribution < 1.29 is 14.7 Å². The SMILES string of the molecule is CN(C)CCCC=CC(=O)NCC(=O)O. The molecule has 0 rings (SSSR count). The molecule has 0 aliphatic rings. The van der Waals surface area contributed by atoms with Crippen LogP contribution < -0.4 is 5.32 Å². The fourth-order valence-electron chi connectivity index (χ4n) is 0.937. The Labute approximate surface area is 89.8 Å². The molecule has 0 fully saturated rings. The maximum absolute atomic E-state index is 11.0. The summed E-state index contributed by atoms with van der Waals surface area (Å²) in [5.41, 5.74) is 0. The maximum Gasteiger partial charge on any atom is 0.322 e. The Morgan fingerprint density at radius 2 is 2.07 bits per heavy atom. The van der Waals surface area contributed by atoms with Crippen molar-refractivity contribution >= 4 is 11.9 Å². The van der Waals surface area contributed by atoms with Gasteiger partial charge in [-0.2, -0.15) is 0 Å². The van der Waals surface area contributed by atoms with Crippen LogP contribution in [-0.4, -0.2) is 49.1 Å². The van der Waals surface area contributed by atoms with Crippen molar-refractivity contribution in [3.05, 3.63) is 12.2 Å². The molecule has 0 radical (unpaired) electrons. The van der Waals surface area contributed by atoms with E-state index in [0.717, 1.165) is 19.4 Å². The van der Waals surface area contributed by atoms with Crippen LogP contribution in [0.5, 0.6) is 0 Å². The molecule has 0 bridgehead atoms. The fourth-order valence-corrected chi connectivity index (χ4v) is 0.937. The van der Waals surface area contributed by atoms with Crippen LogP contribution in [0.3, 0.4) is 0 Å². The van der Waals surface area contributed by atoms with Crippen LogP contribution in [0, 0.1) is 0 Å². The predicted molar refractivity (Wildman–Crippen MR) is 57.6 cm³/mol. The second-order valence-corrected chi connectivity index (χ2v) is 3.46. The first-order valence-electron chi connectivity index (χ1n) is 4.83. The molecule has 5 heteroatoms. The number of rotatable bonds is 7. The molecule has 0 aromatic heterocycles. The Balaban J connectivity index is 3.50. The van der Waals surface area contributed by atoms with Gasteiger partial charge in [0, 0.05) is 0 Å². The third-order valence-electron chi connectivity index (χ3n) is 1.66. The van der Waals surface area contributed by atoms with Gasteiger partial charge < -0.3 is 15.3 Å². The van der Waals surface area contributed by atoms with Gasteiger partial charge in [0.05, 0.1) is 0 Å². The smallest absolute Gasteiger partial charge is 0.322 e. The Bertz CT molecular complexity index is 237. The zero-order valence-electron chi connectivity index (χ0n) is 9.19. The van der Waals surface area contributed by atoms with Gasteiger partial charge in [-0.1, -0.05) is 6.08 Å². The average molecular weight is 214 g/mol. The quantitative estimate of drug-likeness (QED) is 0.465. The van der Waals surface area contributed by atoms with Crippen LogP contribution in [0.15, 0.2) is 12.2 Å². The van der Waals surface area contributed by atoms with E-state index in [0.29, 0.717) is 0 Å². The van der Waals surface area contributed by atoms with Crippen LogP contribution in [0.1, 0.15) is 12.8 Å². The molecule has 0 aliphatic carbocycles. The van der Waals surface area contributed by atoms with E-state index >= 15 is 0 Å². The lowest BCUT2D eigenvalue weighted by Gasteiger charge is -2.06. The fraction of sp³-hybridized carbons (Fsp3) is 0.600. The number of hydrogen-bond donors (Lipinski definition) is 2. The molecule has 0 aromatic rings. The van der Waals surface area contributed by atoms with E-state index in [1.807, 2.05) is 14.1 Å². The molecule has 1 amide bonds. The van der Waals surface area contributed by atoms with Crippen LogP contribution >= 0.6 is 0 Å². The van der Waals surface area contributed by atoms with E-state index in [4.69, 9.17) is 5.11 Å². The highest BCUT2D eigenvalue weighted by Crippen LogP contribution is 1.92. The zero-order valence-corrected chi connectivity index (χ0v) is 9.19. The molecule has 0 saturated carbocycles. The van der Waals surface area contributed by atoms with Crippen molar-refractivity contribution in [1.29, 1.82) is 0 Å². The number of amides is 1. The van der Waals surface area contributed by atoms with Gasteiger partial charge in [-0.25, -0.2) is 0 Å². The van der Waals surface area contributed by atoms with Gasteiger partial charge in [0.25, 0.3) is 0 Å². The number of carboxylic acids is 1. The summed E-state index contributed by atoms with van der Waals surface area (Å²) in [6.45, 7) is 0.641. The lowest BCUT2D eigenvalue weighted by molar-refractivity contribution is -0.137. The third kappa shape index (κ3) is 10.6. The van der Waals surface area contributed by atoms with E-state index in [1.165, 1.54) is 6.08 Å². The minimum Gasteiger partial charge on any atom is -0.480 e. The number of aliphatic carboxylic acids is 1. The second kappa shape index (κ2) is 7.99. The molecule has 0 atom stereocenters. The summed E-state index contributed by atoms with van der Waals surface area (Å²) < 4.78 is 0. The summed E-state index contributed by atoms with van der Waals surface area (Å²) in [4.78, 5) is 23.2. The van der Waals surface area contributed by atoms with Crippen LogP contribution in [-0.2, 0) is 9.59 Å². The van der Waals surface area contributed by atoms with Crippen molar-refractivity contribution in [3.8, 4) is 0 Å². The average Bonchev–Trinajstić information content (AvgIpc) is 2.13. The number of nitrogens with zero attached hydrogens (tertiary/aromatic N) is 1. The minimum absolute atomic E-state index is 0.332. The summed E-state index contributed by atoms with van der Waals surface area (Å²) in [7, 11) is 3.98. The Hall–Kier alpha value is -1.36. The summed E-state index contributed by atoms with van der Waals surface area (Å²) in [6.07, 6.45) is 4.92.